The zero-order valence-electron chi connectivity index (χ0n) is 19.3. The molecule has 1 aliphatic heterocycles. The molecule has 2 aromatic carbocycles. The Morgan fingerprint density at radius 1 is 1.11 bits per heavy atom. The van der Waals surface area contributed by atoms with Crippen molar-refractivity contribution in [1.29, 1.82) is 0 Å². The summed E-state index contributed by atoms with van der Waals surface area (Å²) in [5.74, 6) is -1.76. The Balaban J connectivity index is 1.89. The number of hydrogen-bond donors (Lipinski definition) is 2. The standard InChI is InChI=1S/C22H22Cl2F3N3O6S/c1-2-37(34,35)18-4-3-15(23)9-14(18)12-28-20(31)13-10-16(24)19(17(11-13)36-22(25,26)27)29-5-7-30(8-6-29)21(32)33/h3-4,9-11H,2,5-8,12H2,1H3,(H,28,31)(H,32,33). The fraction of sp³-hybridized carbons (Fsp3) is 0.364. The van der Waals surface area contributed by atoms with Gasteiger partial charge in [-0.05, 0) is 35.9 Å². The molecule has 3 rings (SSSR count). The number of nitrogens with one attached hydrogen (secondary N) is 1. The van der Waals surface area contributed by atoms with Crippen molar-refractivity contribution in [2.45, 2.75) is 24.7 Å². The highest BCUT2D eigenvalue weighted by atomic mass is 35.5. The van der Waals surface area contributed by atoms with Crippen LogP contribution in [0, 0.1) is 0 Å². The van der Waals surface area contributed by atoms with E-state index in [-0.39, 0.29) is 70.2 Å². The summed E-state index contributed by atoms with van der Waals surface area (Å²) in [7, 11) is -3.64. The number of nitrogens with zero attached hydrogens (tertiary/aromatic N) is 2. The van der Waals surface area contributed by atoms with Gasteiger partial charge in [-0.3, -0.25) is 4.79 Å². The number of rotatable bonds is 7. The predicted octanol–water partition coefficient (Wildman–Crippen LogP) is 4.42. The number of anilines is 1. The van der Waals surface area contributed by atoms with Crippen LogP contribution in [0.25, 0.3) is 0 Å². The van der Waals surface area contributed by atoms with E-state index in [0.29, 0.717) is 0 Å². The van der Waals surface area contributed by atoms with Crippen molar-refractivity contribution < 1.29 is 41.0 Å². The molecule has 1 aliphatic rings. The van der Waals surface area contributed by atoms with Gasteiger partial charge in [0.15, 0.2) is 15.6 Å². The second kappa shape index (κ2) is 11.2. The average Bonchev–Trinajstić information content (AvgIpc) is 2.81. The van der Waals surface area contributed by atoms with E-state index in [1.165, 1.54) is 30.0 Å². The molecule has 0 unspecified atom stereocenters. The molecule has 9 nitrogen and oxygen atoms in total. The third kappa shape index (κ3) is 7.11. The maximum atomic E-state index is 13.2. The molecule has 202 valence electrons. The number of carboxylic acid groups (broad SMARTS) is 1. The van der Waals surface area contributed by atoms with Gasteiger partial charge in [-0.1, -0.05) is 30.1 Å². The minimum Gasteiger partial charge on any atom is -0.465 e. The zero-order chi connectivity index (χ0) is 27.5. The number of amides is 2. The van der Waals surface area contributed by atoms with Crippen molar-refractivity contribution in [3.8, 4) is 5.75 Å². The highest BCUT2D eigenvalue weighted by molar-refractivity contribution is 7.91. The Hall–Kier alpha value is -2.90. The molecule has 2 amide bonds. The van der Waals surface area contributed by atoms with E-state index in [1.54, 1.807) is 0 Å². The first-order chi connectivity index (χ1) is 17.2. The molecule has 2 N–H and O–H groups in total. The van der Waals surface area contributed by atoms with Gasteiger partial charge in [0.1, 0.15) is 0 Å². The second-order valence-electron chi connectivity index (χ2n) is 7.95. The average molecular weight is 584 g/mol. The highest BCUT2D eigenvalue weighted by Crippen LogP contribution is 2.40. The van der Waals surface area contributed by atoms with Crippen LogP contribution in [0.4, 0.5) is 23.7 Å². The fourth-order valence-corrected chi connectivity index (χ4v) is 5.40. The number of piperazine rings is 1. The monoisotopic (exact) mass is 583 g/mol. The zero-order valence-corrected chi connectivity index (χ0v) is 21.6. The summed E-state index contributed by atoms with van der Waals surface area (Å²) in [5.41, 5.74) is -0.195. The molecular weight excluding hydrogens is 562 g/mol. The molecular formula is C22H22Cl2F3N3O6S. The Bertz CT molecular complexity index is 1300. The number of hydrogen-bond acceptors (Lipinski definition) is 6. The Labute approximate surface area is 220 Å². The third-order valence-corrected chi connectivity index (χ3v) is 7.91. The summed E-state index contributed by atoms with van der Waals surface area (Å²) in [6.07, 6.45) is -6.25. The lowest BCUT2D eigenvalue weighted by molar-refractivity contribution is -0.274. The molecule has 0 saturated carbocycles. The van der Waals surface area contributed by atoms with Crippen molar-refractivity contribution in [2.75, 3.05) is 36.8 Å². The summed E-state index contributed by atoms with van der Waals surface area (Å²) in [4.78, 5) is 26.5. The van der Waals surface area contributed by atoms with E-state index in [0.717, 1.165) is 17.0 Å². The van der Waals surface area contributed by atoms with Gasteiger partial charge < -0.3 is 25.0 Å². The van der Waals surface area contributed by atoms with Gasteiger partial charge in [-0.25, -0.2) is 13.2 Å². The molecule has 1 heterocycles. The number of halogens is 5. The first-order valence-corrected chi connectivity index (χ1v) is 13.2. The van der Waals surface area contributed by atoms with Crippen LogP contribution in [0.2, 0.25) is 10.0 Å². The van der Waals surface area contributed by atoms with E-state index >= 15 is 0 Å². The summed E-state index contributed by atoms with van der Waals surface area (Å²) in [6, 6.07) is 6.10. The van der Waals surface area contributed by atoms with Crippen LogP contribution in [0.15, 0.2) is 35.2 Å². The van der Waals surface area contributed by atoms with Crippen LogP contribution in [0.3, 0.4) is 0 Å². The van der Waals surface area contributed by atoms with E-state index < -0.39 is 33.9 Å². The van der Waals surface area contributed by atoms with Gasteiger partial charge >= 0.3 is 12.5 Å². The minimum atomic E-state index is -5.10. The molecule has 1 saturated heterocycles. The van der Waals surface area contributed by atoms with Crippen LogP contribution >= 0.6 is 23.2 Å². The lowest BCUT2D eigenvalue weighted by Gasteiger charge is -2.36. The van der Waals surface area contributed by atoms with Gasteiger partial charge in [0.25, 0.3) is 5.91 Å². The van der Waals surface area contributed by atoms with Crippen molar-refractivity contribution in [3.63, 3.8) is 0 Å². The molecule has 15 heteroatoms. The number of ether oxygens (including phenoxy) is 1. The lowest BCUT2D eigenvalue weighted by atomic mass is 10.1. The van der Waals surface area contributed by atoms with Crippen molar-refractivity contribution >= 4 is 50.7 Å². The molecule has 0 radical (unpaired) electrons. The van der Waals surface area contributed by atoms with Gasteiger partial charge in [-0.2, -0.15) is 0 Å². The number of alkyl halides is 3. The normalized spacial score (nSPS) is 14.4. The van der Waals surface area contributed by atoms with Crippen molar-refractivity contribution in [1.82, 2.24) is 10.2 Å². The Morgan fingerprint density at radius 2 is 1.76 bits per heavy atom. The SMILES string of the molecule is CCS(=O)(=O)c1ccc(Cl)cc1CNC(=O)c1cc(Cl)c(N2CCN(C(=O)O)CC2)c(OC(F)(F)F)c1. The maximum absolute atomic E-state index is 13.2. The smallest absolute Gasteiger partial charge is 0.465 e. The summed E-state index contributed by atoms with van der Waals surface area (Å²) in [6.45, 7) is 1.34. The van der Waals surface area contributed by atoms with Crippen LogP contribution in [0.5, 0.6) is 5.75 Å². The number of benzene rings is 2. The summed E-state index contributed by atoms with van der Waals surface area (Å²) < 4.78 is 68.4. The van der Waals surface area contributed by atoms with Crippen LogP contribution in [-0.4, -0.2) is 68.7 Å². The second-order valence-corrected chi connectivity index (χ2v) is 11.0. The highest BCUT2D eigenvalue weighted by Gasteiger charge is 2.35. The van der Waals surface area contributed by atoms with E-state index in [4.69, 9.17) is 28.3 Å². The van der Waals surface area contributed by atoms with Gasteiger partial charge in [-0.15, -0.1) is 13.2 Å². The van der Waals surface area contributed by atoms with E-state index in [1.807, 2.05) is 0 Å². The van der Waals surface area contributed by atoms with Crippen molar-refractivity contribution in [2.24, 2.45) is 0 Å². The largest absolute Gasteiger partial charge is 0.573 e. The van der Waals surface area contributed by atoms with Gasteiger partial charge in [0.2, 0.25) is 0 Å². The molecule has 0 atom stereocenters. The molecule has 0 aromatic heterocycles. The lowest BCUT2D eigenvalue weighted by Crippen LogP contribution is -2.48. The van der Waals surface area contributed by atoms with Crippen LogP contribution in [-0.2, 0) is 16.4 Å². The third-order valence-electron chi connectivity index (χ3n) is 5.56. The first-order valence-electron chi connectivity index (χ1n) is 10.8. The number of sulfone groups is 1. The van der Waals surface area contributed by atoms with E-state index in [2.05, 4.69) is 10.1 Å². The van der Waals surface area contributed by atoms with Crippen molar-refractivity contribution in [3.05, 3.63) is 51.5 Å². The molecule has 37 heavy (non-hydrogen) atoms. The number of carbonyl (C=O) groups is 2. The molecule has 2 aromatic rings. The molecule has 0 bridgehead atoms. The topological polar surface area (TPSA) is 116 Å². The maximum Gasteiger partial charge on any atom is 0.573 e. The first kappa shape index (κ1) is 28.7. The Kier molecular flexibility index (Phi) is 8.70. The predicted molar refractivity (Wildman–Crippen MR) is 130 cm³/mol. The summed E-state index contributed by atoms with van der Waals surface area (Å²) >= 11 is 12.3. The summed E-state index contributed by atoms with van der Waals surface area (Å²) in [5, 5.41) is 11.6. The minimum absolute atomic E-state index is 0.0298. The van der Waals surface area contributed by atoms with Crippen LogP contribution < -0.4 is 15.0 Å². The van der Waals surface area contributed by atoms with Gasteiger partial charge in [0, 0.05) is 43.3 Å². The quantitative estimate of drug-likeness (QED) is 0.495. The number of carbonyl (C=O) groups excluding carboxylic acids is 1. The molecule has 0 spiro atoms. The molecule has 0 aliphatic carbocycles. The fourth-order valence-electron chi connectivity index (χ4n) is 3.76. The van der Waals surface area contributed by atoms with Crippen LogP contribution in [0.1, 0.15) is 22.8 Å². The Morgan fingerprint density at radius 3 is 2.32 bits per heavy atom. The van der Waals surface area contributed by atoms with E-state index in [9.17, 15) is 31.2 Å². The van der Waals surface area contributed by atoms with Gasteiger partial charge in [0.05, 0.1) is 21.4 Å². The molecule has 1 fully saturated rings.